The van der Waals surface area contributed by atoms with Crippen molar-refractivity contribution in [3.8, 4) is 11.4 Å². The van der Waals surface area contributed by atoms with Crippen LogP contribution in [0.5, 0.6) is 0 Å². The zero-order chi connectivity index (χ0) is 11.5. The van der Waals surface area contributed by atoms with Crippen molar-refractivity contribution in [3.05, 3.63) is 30.2 Å². The van der Waals surface area contributed by atoms with Crippen molar-refractivity contribution in [3.63, 3.8) is 0 Å². The quantitative estimate of drug-likeness (QED) is 0.627. The predicted octanol–water partition coefficient (Wildman–Crippen LogP) is 1.89. The van der Waals surface area contributed by atoms with Gasteiger partial charge in [-0.1, -0.05) is 0 Å². The fraction of sp³-hybridized carbons (Fsp3) is 0.100. The molecule has 16 heavy (non-hydrogen) atoms. The summed E-state index contributed by atoms with van der Waals surface area (Å²) in [4.78, 5) is 22.0. The third-order valence-electron chi connectivity index (χ3n) is 1.99. The Kier molecular flexibility index (Phi) is 2.91. The zero-order valence-corrected chi connectivity index (χ0v) is 9.28. The lowest BCUT2D eigenvalue weighted by Crippen LogP contribution is -2.03. The number of aromatic carboxylic acids is 1. The van der Waals surface area contributed by atoms with E-state index in [2.05, 4.69) is 15.0 Å². The van der Waals surface area contributed by atoms with Gasteiger partial charge in [-0.25, -0.2) is 14.8 Å². The van der Waals surface area contributed by atoms with E-state index < -0.39 is 5.97 Å². The van der Waals surface area contributed by atoms with Crippen LogP contribution >= 0.6 is 11.8 Å². The van der Waals surface area contributed by atoms with Crippen molar-refractivity contribution in [1.29, 1.82) is 0 Å². The molecule has 0 amide bonds. The highest BCUT2D eigenvalue weighted by Gasteiger charge is 2.11. The Bertz CT molecular complexity index is 511. The molecule has 0 fully saturated rings. The van der Waals surface area contributed by atoms with Crippen molar-refractivity contribution >= 4 is 17.7 Å². The Morgan fingerprint density at radius 1 is 1.50 bits per heavy atom. The lowest BCUT2D eigenvalue weighted by molar-refractivity contribution is 0.0690. The van der Waals surface area contributed by atoms with Crippen LogP contribution in [-0.2, 0) is 0 Å². The van der Waals surface area contributed by atoms with E-state index in [9.17, 15) is 4.79 Å². The van der Waals surface area contributed by atoms with E-state index in [4.69, 9.17) is 5.11 Å². The van der Waals surface area contributed by atoms with Crippen LogP contribution in [0.15, 0.2) is 29.6 Å². The fourth-order valence-electron chi connectivity index (χ4n) is 1.23. The van der Waals surface area contributed by atoms with Gasteiger partial charge in [-0.15, -0.1) is 11.8 Å². The van der Waals surface area contributed by atoms with Gasteiger partial charge in [0, 0.05) is 24.0 Å². The second kappa shape index (κ2) is 4.36. The molecule has 82 valence electrons. The maximum absolute atomic E-state index is 10.9. The largest absolute Gasteiger partial charge is 0.477 e. The molecule has 5 nitrogen and oxygen atoms in total. The van der Waals surface area contributed by atoms with Crippen molar-refractivity contribution in [2.75, 3.05) is 6.26 Å². The lowest BCUT2D eigenvalue weighted by Gasteiger charge is -2.02. The second-order valence-electron chi connectivity index (χ2n) is 3.02. The summed E-state index contributed by atoms with van der Waals surface area (Å²) in [7, 11) is 0. The molecule has 2 heterocycles. The maximum atomic E-state index is 10.9. The Morgan fingerprint density at radius 3 is 2.88 bits per heavy atom. The van der Waals surface area contributed by atoms with Crippen molar-refractivity contribution in [2.24, 2.45) is 0 Å². The van der Waals surface area contributed by atoms with Crippen molar-refractivity contribution in [1.82, 2.24) is 15.0 Å². The number of nitrogens with zero attached hydrogens (tertiary/aromatic N) is 2. The van der Waals surface area contributed by atoms with E-state index in [1.54, 1.807) is 18.5 Å². The summed E-state index contributed by atoms with van der Waals surface area (Å²) in [5, 5.41) is 9.56. The van der Waals surface area contributed by atoms with Gasteiger partial charge in [0.05, 0.1) is 0 Å². The minimum atomic E-state index is -1.05. The molecule has 0 saturated carbocycles. The third kappa shape index (κ3) is 2.06. The number of thioether (sulfide) groups is 1. The van der Waals surface area contributed by atoms with Crippen LogP contribution in [0.1, 0.15) is 10.5 Å². The average Bonchev–Trinajstić information content (AvgIpc) is 2.81. The molecule has 2 rings (SSSR count). The number of nitrogens with one attached hydrogen (secondary N) is 1. The monoisotopic (exact) mass is 235 g/mol. The van der Waals surface area contributed by atoms with Crippen LogP contribution in [0.2, 0.25) is 0 Å². The van der Waals surface area contributed by atoms with Gasteiger partial charge < -0.3 is 10.1 Å². The van der Waals surface area contributed by atoms with Gasteiger partial charge in [0.15, 0.2) is 11.5 Å². The average molecular weight is 235 g/mol. The molecule has 0 aliphatic carbocycles. The van der Waals surface area contributed by atoms with E-state index in [1.807, 2.05) is 6.26 Å². The number of carboxylic acids is 1. The van der Waals surface area contributed by atoms with E-state index in [0.717, 1.165) is 5.56 Å². The van der Waals surface area contributed by atoms with E-state index in [-0.39, 0.29) is 5.69 Å². The standard InChI is InChI=1S/C10H9N3O2S/c1-16-8-4-7(10(14)15)12-9(13-8)6-2-3-11-5-6/h2-5,11H,1H3,(H,14,15). The minimum Gasteiger partial charge on any atom is -0.477 e. The summed E-state index contributed by atoms with van der Waals surface area (Å²) in [5.41, 5.74) is 0.786. The number of aromatic nitrogens is 3. The first-order chi connectivity index (χ1) is 7.70. The Morgan fingerprint density at radius 2 is 2.31 bits per heavy atom. The Hall–Kier alpha value is -1.82. The normalized spacial score (nSPS) is 10.3. The second-order valence-corrected chi connectivity index (χ2v) is 3.85. The summed E-state index contributed by atoms with van der Waals surface area (Å²) < 4.78 is 0. The predicted molar refractivity (Wildman–Crippen MR) is 60.6 cm³/mol. The molecule has 0 unspecified atom stereocenters. The molecule has 2 N–H and O–H groups in total. The van der Waals surface area contributed by atoms with Gasteiger partial charge in [-0.2, -0.15) is 0 Å². The van der Waals surface area contributed by atoms with Crippen LogP contribution in [0.25, 0.3) is 11.4 Å². The first-order valence-corrected chi connectivity index (χ1v) is 5.72. The van der Waals surface area contributed by atoms with E-state index in [1.165, 1.54) is 17.8 Å². The van der Waals surface area contributed by atoms with Gasteiger partial charge in [-0.05, 0) is 12.3 Å². The zero-order valence-electron chi connectivity index (χ0n) is 8.47. The molecule has 0 saturated heterocycles. The highest BCUT2D eigenvalue weighted by molar-refractivity contribution is 7.98. The Balaban J connectivity index is 2.53. The topological polar surface area (TPSA) is 78.9 Å². The summed E-state index contributed by atoms with van der Waals surface area (Å²) in [6.07, 6.45) is 5.31. The van der Waals surface area contributed by atoms with E-state index >= 15 is 0 Å². The van der Waals surface area contributed by atoms with Crippen LogP contribution in [0, 0.1) is 0 Å². The van der Waals surface area contributed by atoms with Crippen LogP contribution in [-0.4, -0.2) is 32.3 Å². The summed E-state index contributed by atoms with van der Waals surface area (Å²) in [6, 6.07) is 3.26. The molecule has 2 aromatic rings. The van der Waals surface area contributed by atoms with Gasteiger partial charge in [0.2, 0.25) is 0 Å². The number of carboxylic acid groups (broad SMARTS) is 1. The molecule has 2 aromatic heterocycles. The molecule has 0 spiro atoms. The van der Waals surface area contributed by atoms with Crippen LogP contribution in [0.4, 0.5) is 0 Å². The number of H-pyrrole nitrogens is 1. The van der Waals surface area contributed by atoms with Gasteiger partial charge in [0.25, 0.3) is 0 Å². The lowest BCUT2D eigenvalue weighted by atomic mass is 10.3. The molecule has 6 heteroatoms. The van der Waals surface area contributed by atoms with Gasteiger partial charge in [0.1, 0.15) is 5.03 Å². The van der Waals surface area contributed by atoms with Gasteiger partial charge >= 0.3 is 5.97 Å². The highest BCUT2D eigenvalue weighted by Crippen LogP contribution is 2.19. The smallest absolute Gasteiger partial charge is 0.354 e. The number of carbonyl (C=O) groups is 1. The van der Waals surface area contributed by atoms with Crippen LogP contribution in [0.3, 0.4) is 0 Å². The van der Waals surface area contributed by atoms with Gasteiger partial charge in [-0.3, -0.25) is 0 Å². The SMILES string of the molecule is CSc1cc(C(=O)O)nc(-c2cc[nH]c2)n1. The molecular weight excluding hydrogens is 226 g/mol. The first kappa shape index (κ1) is 10.7. The summed E-state index contributed by atoms with van der Waals surface area (Å²) in [6.45, 7) is 0. The van der Waals surface area contributed by atoms with E-state index in [0.29, 0.717) is 10.9 Å². The molecular formula is C10H9N3O2S. The van der Waals surface area contributed by atoms with Crippen molar-refractivity contribution in [2.45, 2.75) is 5.03 Å². The number of hydrogen-bond donors (Lipinski definition) is 2. The first-order valence-electron chi connectivity index (χ1n) is 4.50. The molecule has 0 atom stereocenters. The van der Waals surface area contributed by atoms with Crippen LogP contribution < -0.4 is 0 Å². The molecule has 0 aromatic carbocycles. The highest BCUT2D eigenvalue weighted by atomic mass is 32.2. The summed E-state index contributed by atoms with van der Waals surface area (Å²) >= 11 is 1.39. The van der Waals surface area contributed by atoms with Crippen molar-refractivity contribution < 1.29 is 9.90 Å². The molecule has 0 radical (unpaired) electrons. The number of aromatic amines is 1. The fourth-order valence-corrected chi connectivity index (χ4v) is 1.64. The number of hydrogen-bond acceptors (Lipinski definition) is 4. The summed E-state index contributed by atoms with van der Waals surface area (Å²) in [5.74, 6) is -0.625. The molecule has 0 aliphatic heterocycles. The maximum Gasteiger partial charge on any atom is 0.354 e. The molecule has 0 aliphatic rings. The minimum absolute atomic E-state index is 0.00977. The number of rotatable bonds is 3. The third-order valence-corrected chi connectivity index (χ3v) is 2.61. The molecule has 0 bridgehead atoms. The Labute approximate surface area is 95.9 Å².